The predicted octanol–water partition coefficient (Wildman–Crippen LogP) is 4.79. The number of aliphatic hydroxyl groups excluding tert-OH is 1. The van der Waals surface area contributed by atoms with Crippen molar-refractivity contribution in [2.75, 3.05) is 19.8 Å². The van der Waals surface area contributed by atoms with Gasteiger partial charge in [-0.2, -0.15) is 0 Å². The van der Waals surface area contributed by atoms with Crippen molar-refractivity contribution >= 4 is 16.8 Å². The maximum atomic E-state index is 13.5. The molecule has 1 saturated heterocycles. The van der Waals surface area contributed by atoms with Gasteiger partial charge in [0.1, 0.15) is 17.5 Å². The molecular formula is C26H27F3N2O3. The SMILES string of the molecule is Fc1ccc(-c2cc3cc(F)cc(F)c3[nH]2)cc1.O=C(C1CCC1)N1CC(CO)OCC12CC2. The van der Waals surface area contributed by atoms with Crippen molar-refractivity contribution in [3.63, 3.8) is 0 Å². The Kier molecular flexibility index (Phi) is 6.12. The van der Waals surface area contributed by atoms with E-state index in [4.69, 9.17) is 9.84 Å². The number of morpholine rings is 1. The van der Waals surface area contributed by atoms with Gasteiger partial charge in [-0.05, 0) is 67.6 Å². The summed E-state index contributed by atoms with van der Waals surface area (Å²) >= 11 is 0. The van der Waals surface area contributed by atoms with Crippen LogP contribution in [0.1, 0.15) is 32.1 Å². The number of H-pyrrole nitrogens is 1. The topological polar surface area (TPSA) is 65.6 Å². The summed E-state index contributed by atoms with van der Waals surface area (Å²) in [4.78, 5) is 17.2. The van der Waals surface area contributed by atoms with E-state index in [1.807, 2.05) is 4.90 Å². The van der Waals surface area contributed by atoms with E-state index in [2.05, 4.69) is 4.98 Å². The van der Waals surface area contributed by atoms with Crippen LogP contribution in [-0.4, -0.2) is 52.3 Å². The molecule has 1 atom stereocenters. The van der Waals surface area contributed by atoms with E-state index in [9.17, 15) is 18.0 Å². The van der Waals surface area contributed by atoms with Gasteiger partial charge >= 0.3 is 0 Å². The van der Waals surface area contributed by atoms with Crippen LogP contribution in [0, 0.1) is 23.4 Å². The molecule has 180 valence electrons. The molecule has 3 aromatic rings. The largest absolute Gasteiger partial charge is 0.394 e. The van der Waals surface area contributed by atoms with Gasteiger partial charge in [0, 0.05) is 29.6 Å². The van der Waals surface area contributed by atoms with Crippen LogP contribution in [0.25, 0.3) is 22.2 Å². The number of carbonyl (C=O) groups excluding carboxylic acids is 1. The normalized spacial score (nSPS) is 21.2. The van der Waals surface area contributed by atoms with Gasteiger partial charge in [-0.3, -0.25) is 4.79 Å². The summed E-state index contributed by atoms with van der Waals surface area (Å²) < 4.78 is 44.9. The molecule has 2 N–H and O–H groups in total. The van der Waals surface area contributed by atoms with Gasteiger partial charge in [-0.1, -0.05) is 6.42 Å². The van der Waals surface area contributed by atoms with Gasteiger partial charge in [0.15, 0.2) is 0 Å². The summed E-state index contributed by atoms with van der Waals surface area (Å²) in [5.74, 6) is -1.03. The standard InChI is InChI=1S/C14H8F3N.C12H19NO3/c15-10-3-1-8(2-4-10)13-6-9-5-11(16)7-12(17)14(9)18-13;14-7-10-6-13(11(15)9-2-1-3-9)12(4-5-12)8-16-10/h1-7,18H;9-10,14H,1-8H2. The molecule has 2 saturated carbocycles. The highest BCUT2D eigenvalue weighted by Crippen LogP contribution is 2.46. The van der Waals surface area contributed by atoms with Gasteiger partial charge in [-0.15, -0.1) is 0 Å². The minimum Gasteiger partial charge on any atom is -0.394 e. The van der Waals surface area contributed by atoms with Crippen LogP contribution in [0.5, 0.6) is 0 Å². The van der Waals surface area contributed by atoms with Crippen molar-refractivity contribution in [1.82, 2.24) is 9.88 Å². The second kappa shape index (κ2) is 9.07. The Morgan fingerprint density at radius 1 is 1.09 bits per heavy atom. The van der Waals surface area contributed by atoms with Crippen LogP contribution < -0.4 is 0 Å². The van der Waals surface area contributed by atoms with E-state index in [0.717, 1.165) is 31.7 Å². The van der Waals surface area contributed by atoms with Crippen molar-refractivity contribution in [2.45, 2.75) is 43.7 Å². The first-order valence-electron chi connectivity index (χ1n) is 11.7. The monoisotopic (exact) mass is 472 g/mol. The van der Waals surface area contributed by atoms with Crippen molar-refractivity contribution in [1.29, 1.82) is 0 Å². The van der Waals surface area contributed by atoms with Crippen molar-refractivity contribution < 1.29 is 27.8 Å². The molecular weight excluding hydrogens is 445 g/mol. The lowest BCUT2D eigenvalue weighted by Gasteiger charge is -2.42. The first kappa shape index (κ1) is 22.9. The van der Waals surface area contributed by atoms with E-state index < -0.39 is 11.6 Å². The van der Waals surface area contributed by atoms with Crippen molar-refractivity contribution in [2.24, 2.45) is 5.92 Å². The number of benzene rings is 2. The number of carbonyl (C=O) groups is 1. The van der Waals surface area contributed by atoms with Crippen LogP contribution in [0.15, 0.2) is 42.5 Å². The highest BCUT2D eigenvalue weighted by molar-refractivity contribution is 5.86. The van der Waals surface area contributed by atoms with Gasteiger partial charge in [0.05, 0.1) is 30.4 Å². The van der Waals surface area contributed by atoms with Crippen molar-refractivity contribution in [3.05, 3.63) is 59.9 Å². The number of hydrogen-bond acceptors (Lipinski definition) is 3. The zero-order valence-electron chi connectivity index (χ0n) is 18.7. The number of ether oxygens (including phenoxy) is 1. The lowest BCUT2D eigenvalue weighted by molar-refractivity contribution is -0.156. The quantitative estimate of drug-likeness (QED) is 0.576. The number of halogens is 3. The fraction of sp³-hybridized carbons (Fsp3) is 0.423. The Morgan fingerprint density at radius 2 is 1.82 bits per heavy atom. The fourth-order valence-corrected chi connectivity index (χ4v) is 4.62. The van der Waals surface area contributed by atoms with E-state index in [0.29, 0.717) is 35.7 Å². The Hall–Kier alpha value is -2.84. The molecule has 1 aliphatic heterocycles. The minimum absolute atomic E-state index is 0.0122. The zero-order chi connectivity index (χ0) is 23.9. The van der Waals surface area contributed by atoms with Crippen LogP contribution in [0.2, 0.25) is 0 Å². The van der Waals surface area contributed by atoms with Gasteiger partial charge < -0.3 is 19.7 Å². The average Bonchev–Trinajstić information content (AvgIpc) is 3.41. The molecule has 0 bridgehead atoms. The van der Waals surface area contributed by atoms with Crippen molar-refractivity contribution in [3.8, 4) is 11.3 Å². The minimum atomic E-state index is -0.640. The second-order valence-corrected chi connectivity index (χ2v) is 9.46. The summed E-state index contributed by atoms with van der Waals surface area (Å²) in [6, 6.07) is 9.50. The highest BCUT2D eigenvalue weighted by Gasteiger charge is 2.54. The van der Waals surface area contributed by atoms with Gasteiger partial charge in [-0.25, -0.2) is 13.2 Å². The highest BCUT2D eigenvalue weighted by atomic mass is 19.1. The van der Waals surface area contributed by atoms with E-state index in [1.165, 1.54) is 24.6 Å². The molecule has 1 amide bonds. The average molecular weight is 473 g/mol. The molecule has 3 aliphatic rings. The van der Waals surface area contributed by atoms with Gasteiger partial charge in [0.2, 0.25) is 5.91 Å². The Bertz CT molecular complexity index is 1190. The molecule has 8 heteroatoms. The number of hydrogen-bond donors (Lipinski definition) is 2. The maximum absolute atomic E-state index is 13.5. The molecule has 5 nitrogen and oxygen atoms in total. The zero-order valence-corrected chi connectivity index (χ0v) is 18.7. The maximum Gasteiger partial charge on any atom is 0.226 e. The summed E-state index contributed by atoms with van der Waals surface area (Å²) in [6.07, 6.45) is 5.27. The number of aliphatic hydroxyl groups is 1. The summed E-state index contributed by atoms with van der Waals surface area (Å²) in [5.41, 5.74) is 1.59. The molecule has 34 heavy (non-hydrogen) atoms. The molecule has 2 heterocycles. The lowest BCUT2D eigenvalue weighted by Crippen LogP contribution is -2.57. The van der Waals surface area contributed by atoms with Crippen LogP contribution >= 0.6 is 0 Å². The lowest BCUT2D eigenvalue weighted by atomic mass is 9.83. The predicted molar refractivity (Wildman–Crippen MR) is 121 cm³/mol. The summed E-state index contributed by atoms with van der Waals surface area (Å²) in [5, 5.41) is 9.58. The smallest absolute Gasteiger partial charge is 0.226 e. The fourth-order valence-electron chi connectivity index (χ4n) is 4.62. The number of rotatable bonds is 3. The second-order valence-electron chi connectivity index (χ2n) is 9.46. The van der Waals surface area contributed by atoms with E-state index in [-0.39, 0.29) is 35.5 Å². The summed E-state index contributed by atoms with van der Waals surface area (Å²) in [7, 11) is 0. The molecule has 2 aromatic carbocycles. The van der Waals surface area contributed by atoms with E-state index in [1.54, 1.807) is 18.2 Å². The first-order valence-corrected chi connectivity index (χ1v) is 11.7. The third-order valence-corrected chi connectivity index (χ3v) is 7.10. The Labute approximate surface area is 195 Å². The molecule has 1 spiro atoms. The number of nitrogens with one attached hydrogen (secondary N) is 1. The third-order valence-electron chi connectivity index (χ3n) is 7.10. The van der Waals surface area contributed by atoms with Crippen LogP contribution in [0.4, 0.5) is 13.2 Å². The number of aromatic amines is 1. The summed E-state index contributed by atoms with van der Waals surface area (Å²) in [6.45, 7) is 1.23. The first-order chi connectivity index (χ1) is 16.4. The molecule has 0 radical (unpaired) electrons. The number of fused-ring (bicyclic) bond motifs is 1. The van der Waals surface area contributed by atoms with Crippen LogP contribution in [-0.2, 0) is 9.53 Å². The molecule has 6 rings (SSSR count). The number of amides is 1. The Morgan fingerprint density at radius 3 is 2.44 bits per heavy atom. The molecule has 1 unspecified atom stereocenters. The number of aromatic nitrogens is 1. The van der Waals surface area contributed by atoms with Crippen LogP contribution in [0.3, 0.4) is 0 Å². The molecule has 2 aliphatic carbocycles. The third kappa shape index (κ3) is 4.44. The Balaban J connectivity index is 0.000000142. The molecule has 3 fully saturated rings. The van der Waals surface area contributed by atoms with E-state index >= 15 is 0 Å². The number of nitrogens with zero attached hydrogens (tertiary/aromatic N) is 1. The van der Waals surface area contributed by atoms with Gasteiger partial charge in [0.25, 0.3) is 0 Å². The molecule has 1 aromatic heterocycles.